The Labute approximate surface area is 181 Å². The van der Waals surface area contributed by atoms with Crippen LogP contribution < -0.4 is 15.5 Å². The minimum absolute atomic E-state index is 0.157. The number of carbonyl (C=O) groups is 2. The monoisotopic (exact) mass is 429 g/mol. The van der Waals surface area contributed by atoms with E-state index in [-0.39, 0.29) is 23.4 Å². The molecule has 2 aromatic carbocycles. The van der Waals surface area contributed by atoms with Crippen molar-refractivity contribution in [2.24, 2.45) is 0 Å². The number of carbonyl (C=O) groups excluding carboxylic acids is 2. The van der Waals surface area contributed by atoms with E-state index >= 15 is 0 Å². The fourth-order valence-electron chi connectivity index (χ4n) is 3.36. The van der Waals surface area contributed by atoms with Crippen LogP contribution in [0.25, 0.3) is 0 Å². The lowest BCUT2D eigenvalue weighted by molar-refractivity contribution is -0.115. The van der Waals surface area contributed by atoms with Gasteiger partial charge in [-0.2, -0.15) is 0 Å². The number of thioether (sulfide) groups is 1. The fourth-order valence-corrected chi connectivity index (χ4v) is 4.05. The molecule has 0 spiro atoms. The Bertz CT molecular complexity index is 883. The number of hydrogen-bond acceptors (Lipinski definition) is 4. The zero-order valence-electron chi connectivity index (χ0n) is 17.4. The average Bonchev–Trinajstić information content (AvgIpc) is 2.74. The molecule has 2 aromatic rings. The lowest BCUT2D eigenvalue weighted by Crippen LogP contribution is -2.31. The normalized spacial score (nSPS) is 14.8. The minimum atomic E-state index is -0.453. The molecule has 160 valence electrons. The molecule has 1 unspecified atom stereocenters. The summed E-state index contributed by atoms with van der Waals surface area (Å²) in [4.78, 5) is 27.0. The summed E-state index contributed by atoms with van der Waals surface area (Å²) in [5.74, 6) is -0.635. The Kier molecular flexibility index (Phi) is 7.74. The maximum absolute atomic E-state index is 13.8. The third kappa shape index (κ3) is 6.23. The smallest absolute Gasteiger partial charge is 0.237 e. The summed E-state index contributed by atoms with van der Waals surface area (Å²) in [6, 6.07) is 12.1. The Hall–Kier alpha value is -2.54. The second-order valence-corrected chi connectivity index (χ2v) is 8.89. The standard InChI is InChI=1S/C23H28FN3O2S/c1-16-6-9-19(10-7-16)25-22(28)15-30-17(2)23(29)26-20-14-18(24)8-11-21(20)27-12-4-3-5-13-27/h6-11,14,17H,3-5,12-13,15H2,1-2H3,(H,25,28)(H,26,29). The van der Waals surface area contributed by atoms with E-state index in [1.54, 1.807) is 13.0 Å². The summed E-state index contributed by atoms with van der Waals surface area (Å²) in [6.45, 7) is 5.53. The molecule has 1 heterocycles. The molecule has 7 heteroatoms. The van der Waals surface area contributed by atoms with Crippen LogP contribution in [0.5, 0.6) is 0 Å². The molecule has 30 heavy (non-hydrogen) atoms. The number of piperidine rings is 1. The van der Waals surface area contributed by atoms with Gasteiger partial charge in [0.2, 0.25) is 11.8 Å². The summed E-state index contributed by atoms with van der Waals surface area (Å²) >= 11 is 1.25. The van der Waals surface area contributed by atoms with E-state index in [0.29, 0.717) is 5.69 Å². The molecule has 0 aromatic heterocycles. The molecule has 5 nitrogen and oxygen atoms in total. The second kappa shape index (κ2) is 10.5. The number of benzene rings is 2. The quantitative estimate of drug-likeness (QED) is 0.662. The Balaban J connectivity index is 1.55. The van der Waals surface area contributed by atoms with Gasteiger partial charge in [0.05, 0.1) is 22.4 Å². The van der Waals surface area contributed by atoms with Crippen LogP contribution >= 0.6 is 11.8 Å². The highest BCUT2D eigenvalue weighted by atomic mass is 32.2. The predicted molar refractivity (Wildman–Crippen MR) is 123 cm³/mol. The van der Waals surface area contributed by atoms with Crippen LogP contribution in [0.3, 0.4) is 0 Å². The van der Waals surface area contributed by atoms with Crippen molar-refractivity contribution in [1.29, 1.82) is 0 Å². The lowest BCUT2D eigenvalue weighted by Gasteiger charge is -2.30. The molecule has 1 fully saturated rings. The van der Waals surface area contributed by atoms with Crippen molar-refractivity contribution in [2.45, 2.75) is 38.4 Å². The maximum Gasteiger partial charge on any atom is 0.237 e. The van der Waals surface area contributed by atoms with E-state index in [1.165, 1.54) is 30.3 Å². The number of hydrogen-bond donors (Lipinski definition) is 2. The summed E-state index contributed by atoms with van der Waals surface area (Å²) < 4.78 is 13.8. The molecule has 3 rings (SSSR count). The highest BCUT2D eigenvalue weighted by molar-refractivity contribution is 8.01. The number of nitrogens with one attached hydrogen (secondary N) is 2. The molecule has 1 aliphatic heterocycles. The van der Waals surface area contributed by atoms with E-state index in [1.807, 2.05) is 31.2 Å². The number of anilines is 3. The first-order chi connectivity index (χ1) is 14.4. The van der Waals surface area contributed by atoms with Gasteiger partial charge in [0, 0.05) is 18.8 Å². The van der Waals surface area contributed by atoms with Gasteiger partial charge in [-0.25, -0.2) is 4.39 Å². The van der Waals surface area contributed by atoms with E-state index in [4.69, 9.17) is 0 Å². The first-order valence-electron chi connectivity index (χ1n) is 10.3. The summed E-state index contributed by atoms with van der Waals surface area (Å²) in [7, 11) is 0. The summed E-state index contributed by atoms with van der Waals surface area (Å²) in [6.07, 6.45) is 3.37. The molecule has 2 N–H and O–H groups in total. The number of aryl methyl sites for hydroxylation is 1. The molecule has 1 atom stereocenters. The van der Waals surface area contributed by atoms with Crippen molar-refractivity contribution in [3.8, 4) is 0 Å². The highest BCUT2D eigenvalue weighted by Gasteiger charge is 2.20. The van der Waals surface area contributed by atoms with Crippen LogP contribution in [0.15, 0.2) is 42.5 Å². The Morgan fingerprint density at radius 3 is 2.47 bits per heavy atom. The molecule has 1 saturated heterocycles. The number of halogens is 1. The number of rotatable bonds is 7. The maximum atomic E-state index is 13.8. The van der Waals surface area contributed by atoms with Crippen LogP contribution in [-0.2, 0) is 9.59 Å². The van der Waals surface area contributed by atoms with Crippen molar-refractivity contribution < 1.29 is 14.0 Å². The zero-order valence-corrected chi connectivity index (χ0v) is 18.2. The summed E-state index contributed by atoms with van der Waals surface area (Å²) in [5, 5.41) is 5.23. The van der Waals surface area contributed by atoms with Crippen LogP contribution in [0.4, 0.5) is 21.5 Å². The molecule has 0 saturated carbocycles. The molecule has 0 radical (unpaired) electrons. The van der Waals surface area contributed by atoms with Gasteiger partial charge < -0.3 is 15.5 Å². The van der Waals surface area contributed by atoms with E-state index in [0.717, 1.165) is 42.9 Å². The van der Waals surface area contributed by atoms with Crippen LogP contribution in [-0.4, -0.2) is 35.9 Å². The van der Waals surface area contributed by atoms with Crippen molar-refractivity contribution in [3.05, 3.63) is 53.8 Å². The first kappa shape index (κ1) is 22.2. The fraction of sp³-hybridized carbons (Fsp3) is 0.391. The predicted octanol–water partition coefficient (Wildman–Crippen LogP) is 4.82. The Morgan fingerprint density at radius 2 is 1.77 bits per heavy atom. The van der Waals surface area contributed by atoms with E-state index in [2.05, 4.69) is 15.5 Å². The largest absolute Gasteiger partial charge is 0.370 e. The number of amides is 2. The molecule has 0 aliphatic carbocycles. The van der Waals surface area contributed by atoms with Crippen LogP contribution in [0.1, 0.15) is 31.7 Å². The molecule has 0 bridgehead atoms. The van der Waals surface area contributed by atoms with Crippen molar-refractivity contribution >= 4 is 40.6 Å². The minimum Gasteiger partial charge on any atom is -0.370 e. The van der Waals surface area contributed by atoms with Gasteiger partial charge in [-0.05, 0) is 63.4 Å². The average molecular weight is 430 g/mol. The van der Waals surface area contributed by atoms with Gasteiger partial charge in [0.1, 0.15) is 5.82 Å². The van der Waals surface area contributed by atoms with Gasteiger partial charge in [0.15, 0.2) is 0 Å². The SMILES string of the molecule is Cc1ccc(NC(=O)CSC(C)C(=O)Nc2cc(F)ccc2N2CCCCC2)cc1. The first-order valence-corrected chi connectivity index (χ1v) is 11.3. The lowest BCUT2D eigenvalue weighted by atomic mass is 10.1. The zero-order chi connectivity index (χ0) is 21.5. The molecular weight excluding hydrogens is 401 g/mol. The topological polar surface area (TPSA) is 61.4 Å². The van der Waals surface area contributed by atoms with Crippen LogP contribution in [0, 0.1) is 12.7 Å². The third-order valence-corrected chi connectivity index (χ3v) is 6.23. The van der Waals surface area contributed by atoms with E-state index < -0.39 is 5.25 Å². The number of nitrogens with zero attached hydrogens (tertiary/aromatic N) is 1. The van der Waals surface area contributed by atoms with Gasteiger partial charge in [0.25, 0.3) is 0 Å². The molecule has 1 aliphatic rings. The highest BCUT2D eigenvalue weighted by Crippen LogP contribution is 2.30. The Morgan fingerprint density at radius 1 is 1.07 bits per heavy atom. The van der Waals surface area contributed by atoms with Crippen molar-refractivity contribution in [2.75, 3.05) is 34.4 Å². The molecule has 2 amide bonds. The van der Waals surface area contributed by atoms with E-state index in [9.17, 15) is 14.0 Å². The van der Waals surface area contributed by atoms with Gasteiger partial charge >= 0.3 is 0 Å². The summed E-state index contributed by atoms with van der Waals surface area (Å²) in [5.41, 5.74) is 3.18. The second-order valence-electron chi connectivity index (χ2n) is 7.57. The molecular formula is C23H28FN3O2S. The van der Waals surface area contributed by atoms with Gasteiger partial charge in [-0.15, -0.1) is 11.8 Å². The third-order valence-electron chi connectivity index (χ3n) is 5.08. The van der Waals surface area contributed by atoms with Crippen molar-refractivity contribution in [1.82, 2.24) is 0 Å². The van der Waals surface area contributed by atoms with Gasteiger partial charge in [-0.3, -0.25) is 9.59 Å². The van der Waals surface area contributed by atoms with Crippen LogP contribution in [0.2, 0.25) is 0 Å². The van der Waals surface area contributed by atoms with Gasteiger partial charge in [-0.1, -0.05) is 17.7 Å². The van der Waals surface area contributed by atoms with Crippen molar-refractivity contribution in [3.63, 3.8) is 0 Å².